The van der Waals surface area contributed by atoms with Gasteiger partial charge in [0.1, 0.15) is 6.54 Å². The van der Waals surface area contributed by atoms with Gasteiger partial charge < -0.3 is 5.32 Å². The van der Waals surface area contributed by atoms with Gasteiger partial charge in [-0.1, -0.05) is 50.2 Å². The van der Waals surface area contributed by atoms with E-state index in [0.717, 1.165) is 16.6 Å². The van der Waals surface area contributed by atoms with Gasteiger partial charge in [0.2, 0.25) is 5.91 Å². The van der Waals surface area contributed by atoms with Crippen molar-refractivity contribution in [1.29, 1.82) is 0 Å². The minimum Gasteiger partial charge on any atom is -0.324 e. The Morgan fingerprint density at radius 3 is 2.62 bits per heavy atom. The molecule has 0 bridgehead atoms. The van der Waals surface area contributed by atoms with Crippen molar-refractivity contribution in [3.05, 3.63) is 70.6 Å². The number of hydrogen-bond donors (Lipinski definition) is 1. The normalized spacial score (nSPS) is 11.0. The summed E-state index contributed by atoms with van der Waals surface area (Å²) >= 11 is 0. The number of anilines is 1. The highest BCUT2D eigenvalue weighted by Crippen LogP contribution is 2.23. The van der Waals surface area contributed by atoms with Gasteiger partial charge in [-0.3, -0.25) is 9.59 Å². The highest BCUT2D eigenvalue weighted by molar-refractivity contribution is 5.91. The fourth-order valence-corrected chi connectivity index (χ4v) is 2.68. The lowest BCUT2D eigenvalue weighted by atomic mass is 10.0. The lowest BCUT2D eigenvalue weighted by molar-refractivity contribution is -0.117. The largest absolute Gasteiger partial charge is 0.324 e. The quantitative estimate of drug-likeness (QED) is 0.803. The van der Waals surface area contributed by atoms with Crippen molar-refractivity contribution < 1.29 is 4.79 Å². The van der Waals surface area contributed by atoms with Crippen LogP contribution in [0.25, 0.3) is 10.8 Å². The summed E-state index contributed by atoms with van der Waals surface area (Å²) in [7, 11) is 0. The third-order valence-electron chi connectivity index (χ3n) is 3.91. The maximum atomic E-state index is 12.4. The van der Waals surface area contributed by atoms with Crippen molar-refractivity contribution in [2.75, 3.05) is 5.32 Å². The topological polar surface area (TPSA) is 64.0 Å². The molecule has 0 saturated heterocycles. The first-order chi connectivity index (χ1) is 11.6. The van der Waals surface area contributed by atoms with Crippen molar-refractivity contribution in [1.82, 2.24) is 9.78 Å². The van der Waals surface area contributed by atoms with E-state index in [4.69, 9.17) is 0 Å². The van der Waals surface area contributed by atoms with Crippen LogP contribution in [0.5, 0.6) is 0 Å². The van der Waals surface area contributed by atoms with Crippen molar-refractivity contribution in [2.45, 2.75) is 26.3 Å². The standard InChI is InChI=1S/C19H19N3O2/c1-13(2)15-8-5-6-10-17(15)21-18(23)12-22-19(24)16-9-4-3-7-14(16)11-20-22/h3-11,13H,12H2,1-2H3,(H,21,23). The number of carbonyl (C=O) groups excluding carboxylic acids is 1. The smallest absolute Gasteiger partial charge is 0.275 e. The zero-order valence-corrected chi connectivity index (χ0v) is 13.7. The maximum absolute atomic E-state index is 12.4. The van der Waals surface area contributed by atoms with Gasteiger partial charge in [-0.05, 0) is 23.6 Å². The van der Waals surface area contributed by atoms with Crippen LogP contribution < -0.4 is 10.9 Å². The predicted octanol–water partition coefficient (Wildman–Crippen LogP) is 3.16. The highest BCUT2D eigenvalue weighted by atomic mass is 16.2. The fraction of sp³-hybridized carbons (Fsp3) is 0.211. The average Bonchev–Trinajstić information content (AvgIpc) is 2.58. The number of carbonyl (C=O) groups is 1. The van der Waals surface area contributed by atoms with E-state index in [1.807, 2.05) is 36.4 Å². The van der Waals surface area contributed by atoms with Gasteiger partial charge in [-0.2, -0.15) is 5.10 Å². The summed E-state index contributed by atoms with van der Waals surface area (Å²) in [6, 6.07) is 14.9. The fourth-order valence-electron chi connectivity index (χ4n) is 2.68. The van der Waals surface area contributed by atoms with E-state index in [1.54, 1.807) is 18.3 Å². The number of nitrogens with zero attached hydrogens (tertiary/aromatic N) is 2. The Bertz CT molecular complexity index is 944. The first kappa shape index (κ1) is 15.9. The zero-order valence-electron chi connectivity index (χ0n) is 13.7. The summed E-state index contributed by atoms with van der Waals surface area (Å²) in [4.78, 5) is 24.7. The molecule has 5 heteroatoms. The molecule has 2 aromatic carbocycles. The molecule has 0 spiro atoms. The maximum Gasteiger partial charge on any atom is 0.275 e. The number of amides is 1. The number of fused-ring (bicyclic) bond motifs is 1. The number of aromatic nitrogens is 2. The molecular formula is C19H19N3O2. The van der Waals surface area contributed by atoms with Gasteiger partial charge in [0.15, 0.2) is 0 Å². The average molecular weight is 321 g/mol. The van der Waals surface area contributed by atoms with Gasteiger partial charge in [0, 0.05) is 11.1 Å². The molecule has 0 aliphatic heterocycles. The summed E-state index contributed by atoms with van der Waals surface area (Å²) in [5.74, 6) is 0.0241. The van der Waals surface area contributed by atoms with Crippen LogP contribution in [-0.4, -0.2) is 15.7 Å². The van der Waals surface area contributed by atoms with Gasteiger partial charge in [-0.25, -0.2) is 4.68 Å². The Labute approximate surface area is 139 Å². The molecular weight excluding hydrogens is 302 g/mol. The van der Waals surface area contributed by atoms with Crippen LogP contribution in [0.1, 0.15) is 25.3 Å². The van der Waals surface area contributed by atoms with Crippen LogP contribution in [0.3, 0.4) is 0 Å². The van der Waals surface area contributed by atoms with Crippen molar-refractivity contribution in [3.63, 3.8) is 0 Å². The van der Waals surface area contributed by atoms with E-state index in [9.17, 15) is 9.59 Å². The van der Waals surface area contributed by atoms with E-state index >= 15 is 0 Å². The lowest BCUT2D eigenvalue weighted by Gasteiger charge is -2.14. The second-order valence-electron chi connectivity index (χ2n) is 5.98. The molecule has 1 aromatic heterocycles. The van der Waals surface area contributed by atoms with E-state index < -0.39 is 0 Å². The van der Waals surface area contributed by atoms with Crippen LogP contribution in [0.4, 0.5) is 5.69 Å². The second-order valence-corrected chi connectivity index (χ2v) is 5.98. The molecule has 0 atom stereocenters. The van der Waals surface area contributed by atoms with Crippen LogP contribution in [-0.2, 0) is 11.3 Å². The highest BCUT2D eigenvalue weighted by Gasteiger charge is 2.11. The zero-order chi connectivity index (χ0) is 17.1. The second kappa shape index (κ2) is 6.66. The van der Waals surface area contributed by atoms with Crippen LogP contribution in [0, 0.1) is 0 Å². The molecule has 3 rings (SSSR count). The molecule has 0 fully saturated rings. The molecule has 0 aliphatic rings. The Morgan fingerprint density at radius 1 is 1.12 bits per heavy atom. The third kappa shape index (κ3) is 3.20. The Morgan fingerprint density at radius 2 is 1.83 bits per heavy atom. The number of benzene rings is 2. The molecule has 0 unspecified atom stereocenters. The van der Waals surface area contributed by atoms with Gasteiger partial charge in [0.25, 0.3) is 5.56 Å². The molecule has 24 heavy (non-hydrogen) atoms. The molecule has 3 aromatic rings. The molecule has 5 nitrogen and oxygen atoms in total. The minimum atomic E-state index is -0.270. The minimum absolute atomic E-state index is 0.115. The number of hydrogen-bond acceptors (Lipinski definition) is 3. The molecule has 1 amide bonds. The van der Waals surface area contributed by atoms with Crippen LogP contribution in [0.15, 0.2) is 59.5 Å². The molecule has 0 aliphatic carbocycles. The van der Waals surface area contributed by atoms with Crippen molar-refractivity contribution in [2.24, 2.45) is 0 Å². The predicted molar refractivity (Wildman–Crippen MR) is 95.2 cm³/mol. The SMILES string of the molecule is CC(C)c1ccccc1NC(=O)Cn1ncc2ccccc2c1=O. The Hall–Kier alpha value is -2.95. The molecule has 1 N–H and O–H groups in total. The molecule has 122 valence electrons. The summed E-state index contributed by atoms with van der Waals surface area (Å²) in [5.41, 5.74) is 1.57. The first-order valence-corrected chi connectivity index (χ1v) is 7.90. The van der Waals surface area contributed by atoms with Gasteiger partial charge >= 0.3 is 0 Å². The lowest BCUT2D eigenvalue weighted by Crippen LogP contribution is -2.29. The van der Waals surface area contributed by atoms with Crippen LogP contribution >= 0.6 is 0 Å². The summed E-state index contributed by atoms with van der Waals surface area (Å²) in [5, 5.41) is 8.29. The number of para-hydroxylation sites is 1. The summed E-state index contributed by atoms with van der Waals surface area (Å²) in [6.45, 7) is 4.02. The van der Waals surface area contributed by atoms with E-state index in [2.05, 4.69) is 24.3 Å². The van der Waals surface area contributed by atoms with Crippen molar-refractivity contribution >= 4 is 22.4 Å². The molecule has 0 radical (unpaired) electrons. The summed E-state index contributed by atoms with van der Waals surface area (Å²) in [6.07, 6.45) is 1.60. The van der Waals surface area contributed by atoms with Crippen molar-refractivity contribution in [3.8, 4) is 0 Å². The summed E-state index contributed by atoms with van der Waals surface area (Å²) < 4.78 is 1.19. The van der Waals surface area contributed by atoms with E-state index in [1.165, 1.54) is 4.68 Å². The van der Waals surface area contributed by atoms with Crippen LogP contribution in [0.2, 0.25) is 0 Å². The number of nitrogens with one attached hydrogen (secondary N) is 1. The van der Waals surface area contributed by atoms with Gasteiger partial charge in [-0.15, -0.1) is 0 Å². The van der Waals surface area contributed by atoms with Gasteiger partial charge in [0.05, 0.1) is 11.6 Å². The Kier molecular flexibility index (Phi) is 4.42. The molecule has 1 heterocycles. The van der Waals surface area contributed by atoms with E-state index in [0.29, 0.717) is 11.3 Å². The monoisotopic (exact) mass is 321 g/mol. The first-order valence-electron chi connectivity index (χ1n) is 7.90. The molecule has 0 saturated carbocycles. The Balaban J connectivity index is 1.84. The number of rotatable bonds is 4. The van der Waals surface area contributed by atoms with E-state index in [-0.39, 0.29) is 18.0 Å². The third-order valence-corrected chi connectivity index (χ3v) is 3.91.